The van der Waals surface area contributed by atoms with Gasteiger partial charge in [-0.2, -0.15) is 0 Å². The molecule has 0 amide bonds. The average Bonchev–Trinajstić information content (AvgIpc) is 2.68. The van der Waals surface area contributed by atoms with Crippen molar-refractivity contribution in [2.75, 3.05) is 7.11 Å². The van der Waals surface area contributed by atoms with E-state index in [1.165, 1.54) is 0 Å². The summed E-state index contributed by atoms with van der Waals surface area (Å²) < 4.78 is 5.04. The molecule has 1 saturated carbocycles. The fourth-order valence-electron chi connectivity index (χ4n) is 0.968. The Bertz CT molecular complexity index is 118. The highest BCUT2D eigenvalue weighted by Gasteiger charge is 2.41. The van der Waals surface area contributed by atoms with E-state index in [1.54, 1.807) is 7.11 Å². The molecule has 0 aromatic heterocycles. The van der Waals surface area contributed by atoms with Crippen molar-refractivity contribution in [3.8, 4) is 0 Å². The summed E-state index contributed by atoms with van der Waals surface area (Å²) in [6, 6.07) is 0. The monoisotopic (exact) mass is 128 g/mol. The van der Waals surface area contributed by atoms with E-state index in [0.29, 0.717) is 5.92 Å². The molecule has 1 rings (SSSR count). The lowest BCUT2D eigenvalue weighted by Gasteiger charge is -2.19. The average molecular weight is 128 g/mol. The van der Waals surface area contributed by atoms with E-state index < -0.39 is 5.60 Å². The summed E-state index contributed by atoms with van der Waals surface area (Å²) in [5.74, 6) is 0.486. The molecular weight excluding hydrogens is 116 g/mol. The number of methoxy groups -OCH3 is 1. The lowest BCUT2D eigenvalue weighted by atomic mass is 10.0. The number of hydrogen-bond donors (Lipinski definition) is 0. The van der Waals surface area contributed by atoms with Gasteiger partial charge in [0.1, 0.15) is 5.60 Å². The smallest absolute Gasteiger partial charge is 0.151 e. The topological polar surface area (TPSA) is 26.3 Å². The summed E-state index contributed by atoms with van der Waals surface area (Å²) >= 11 is 0. The van der Waals surface area contributed by atoms with Crippen molar-refractivity contribution in [3.05, 3.63) is 0 Å². The van der Waals surface area contributed by atoms with E-state index in [2.05, 4.69) is 0 Å². The lowest BCUT2D eigenvalue weighted by Crippen LogP contribution is -2.31. The molecule has 0 aliphatic heterocycles. The van der Waals surface area contributed by atoms with Crippen LogP contribution < -0.4 is 0 Å². The van der Waals surface area contributed by atoms with Gasteiger partial charge in [0.2, 0.25) is 0 Å². The molecule has 0 bridgehead atoms. The summed E-state index contributed by atoms with van der Waals surface area (Å²) in [6.07, 6.45) is 3.19. The zero-order valence-electron chi connectivity index (χ0n) is 5.89. The molecule has 2 heteroatoms. The first-order valence-corrected chi connectivity index (χ1v) is 3.24. The molecule has 0 radical (unpaired) electrons. The van der Waals surface area contributed by atoms with Crippen molar-refractivity contribution < 1.29 is 9.53 Å². The van der Waals surface area contributed by atoms with Crippen LogP contribution in [0.1, 0.15) is 19.8 Å². The van der Waals surface area contributed by atoms with Gasteiger partial charge in [0.15, 0.2) is 6.29 Å². The molecule has 9 heavy (non-hydrogen) atoms. The number of carbonyl (C=O) groups excluding carboxylic acids is 1. The number of hydrogen-bond acceptors (Lipinski definition) is 2. The molecule has 2 nitrogen and oxygen atoms in total. The quantitative estimate of drug-likeness (QED) is 0.530. The van der Waals surface area contributed by atoms with Gasteiger partial charge >= 0.3 is 0 Å². The first-order valence-electron chi connectivity index (χ1n) is 3.24. The van der Waals surface area contributed by atoms with Crippen molar-refractivity contribution >= 4 is 6.29 Å². The van der Waals surface area contributed by atoms with E-state index in [0.717, 1.165) is 19.1 Å². The maximum absolute atomic E-state index is 10.4. The van der Waals surface area contributed by atoms with Crippen LogP contribution in [0.2, 0.25) is 0 Å². The van der Waals surface area contributed by atoms with Crippen LogP contribution in [-0.2, 0) is 9.53 Å². The SMILES string of the molecule is COC(C)(C=O)C1CC1. The lowest BCUT2D eigenvalue weighted by molar-refractivity contribution is -0.127. The fraction of sp³-hybridized carbons (Fsp3) is 0.857. The van der Waals surface area contributed by atoms with Crippen molar-refractivity contribution in [1.29, 1.82) is 0 Å². The predicted molar refractivity (Wildman–Crippen MR) is 34.2 cm³/mol. The van der Waals surface area contributed by atoms with E-state index in [1.807, 2.05) is 6.92 Å². The molecule has 0 heterocycles. The van der Waals surface area contributed by atoms with Crippen LogP contribution in [0, 0.1) is 5.92 Å². The largest absolute Gasteiger partial charge is 0.371 e. The van der Waals surface area contributed by atoms with E-state index in [4.69, 9.17) is 4.74 Å². The second-order valence-corrected chi connectivity index (χ2v) is 2.78. The molecule has 1 aliphatic carbocycles. The summed E-state index contributed by atoms with van der Waals surface area (Å²) in [5.41, 5.74) is -0.486. The zero-order valence-corrected chi connectivity index (χ0v) is 5.89. The highest BCUT2D eigenvalue weighted by atomic mass is 16.5. The van der Waals surface area contributed by atoms with Gasteiger partial charge in [-0.15, -0.1) is 0 Å². The van der Waals surface area contributed by atoms with Gasteiger partial charge in [-0.1, -0.05) is 0 Å². The zero-order chi connectivity index (χ0) is 6.91. The van der Waals surface area contributed by atoms with E-state index in [9.17, 15) is 4.79 Å². The third-order valence-corrected chi connectivity index (χ3v) is 2.06. The molecule has 1 atom stereocenters. The molecule has 1 aliphatic rings. The summed E-state index contributed by atoms with van der Waals surface area (Å²) in [4.78, 5) is 10.4. The Morgan fingerprint density at radius 1 is 1.67 bits per heavy atom. The Kier molecular flexibility index (Phi) is 1.58. The van der Waals surface area contributed by atoms with Crippen molar-refractivity contribution in [2.24, 2.45) is 5.92 Å². The molecule has 0 spiro atoms. The first-order chi connectivity index (χ1) is 4.23. The molecule has 0 aromatic rings. The molecule has 1 fully saturated rings. The fourth-order valence-corrected chi connectivity index (χ4v) is 0.968. The highest BCUT2D eigenvalue weighted by molar-refractivity contribution is 5.63. The number of ether oxygens (including phenoxy) is 1. The van der Waals surface area contributed by atoms with Gasteiger partial charge < -0.3 is 9.53 Å². The highest BCUT2D eigenvalue weighted by Crippen LogP contribution is 2.40. The summed E-state index contributed by atoms with van der Waals surface area (Å²) in [6.45, 7) is 1.84. The molecule has 52 valence electrons. The van der Waals surface area contributed by atoms with Gasteiger partial charge in [-0.25, -0.2) is 0 Å². The van der Waals surface area contributed by atoms with Gasteiger partial charge in [-0.05, 0) is 25.7 Å². The van der Waals surface area contributed by atoms with Crippen LogP contribution in [-0.4, -0.2) is 19.0 Å². The number of carbonyl (C=O) groups is 1. The summed E-state index contributed by atoms with van der Waals surface area (Å²) in [7, 11) is 1.59. The van der Waals surface area contributed by atoms with Crippen molar-refractivity contribution in [1.82, 2.24) is 0 Å². The Hall–Kier alpha value is -0.370. The van der Waals surface area contributed by atoms with Gasteiger partial charge in [0.05, 0.1) is 0 Å². The van der Waals surface area contributed by atoms with Crippen LogP contribution in [0.3, 0.4) is 0 Å². The summed E-state index contributed by atoms with van der Waals surface area (Å²) in [5, 5.41) is 0. The minimum absolute atomic E-state index is 0.486. The van der Waals surface area contributed by atoms with Crippen molar-refractivity contribution in [2.45, 2.75) is 25.4 Å². The van der Waals surface area contributed by atoms with Gasteiger partial charge in [0.25, 0.3) is 0 Å². The Balaban J connectivity index is 2.53. The predicted octanol–water partition coefficient (Wildman–Crippen LogP) is 1.00. The normalized spacial score (nSPS) is 25.1. The molecule has 0 saturated heterocycles. The third kappa shape index (κ3) is 1.13. The van der Waals surface area contributed by atoms with Gasteiger partial charge in [0, 0.05) is 7.11 Å². The Labute approximate surface area is 55.2 Å². The molecular formula is C7H12O2. The van der Waals surface area contributed by atoms with Gasteiger partial charge in [-0.3, -0.25) is 0 Å². The van der Waals surface area contributed by atoms with Crippen LogP contribution in [0.4, 0.5) is 0 Å². The second kappa shape index (κ2) is 2.10. The standard InChI is InChI=1S/C7H12O2/c1-7(5-8,9-2)6-3-4-6/h5-6H,3-4H2,1-2H3. The minimum Gasteiger partial charge on any atom is -0.371 e. The Morgan fingerprint density at radius 2 is 2.22 bits per heavy atom. The maximum atomic E-state index is 10.4. The second-order valence-electron chi connectivity index (χ2n) is 2.78. The molecule has 1 unspecified atom stereocenters. The van der Waals surface area contributed by atoms with E-state index in [-0.39, 0.29) is 0 Å². The molecule has 0 N–H and O–H groups in total. The molecule has 0 aromatic carbocycles. The maximum Gasteiger partial charge on any atom is 0.151 e. The van der Waals surface area contributed by atoms with E-state index >= 15 is 0 Å². The van der Waals surface area contributed by atoms with Crippen LogP contribution in [0.25, 0.3) is 0 Å². The van der Waals surface area contributed by atoms with Crippen LogP contribution in [0.15, 0.2) is 0 Å². The number of aldehydes is 1. The Morgan fingerprint density at radius 3 is 2.33 bits per heavy atom. The number of rotatable bonds is 3. The first kappa shape index (κ1) is 6.75. The van der Waals surface area contributed by atoms with Crippen molar-refractivity contribution in [3.63, 3.8) is 0 Å². The van der Waals surface area contributed by atoms with Crippen LogP contribution >= 0.6 is 0 Å². The van der Waals surface area contributed by atoms with Crippen LogP contribution in [0.5, 0.6) is 0 Å². The third-order valence-electron chi connectivity index (χ3n) is 2.06. The minimum atomic E-state index is -0.486.